The summed E-state index contributed by atoms with van der Waals surface area (Å²) >= 11 is 0. The van der Waals surface area contributed by atoms with E-state index in [2.05, 4.69) is 6.92 Å². The molecule has 1 aliphatic rings. The van der Waals surface area contributed by atoms with Crippen LogP contribution in [-0.4, -0.2) is 30.2 Å². The van der Waals surface area contributed by atoms with Gasteiger partial charge in [0.1, 0.15) is 5.78 Å². The van der Waals surface area contributed by atoms with Gasteiger partial charge in [0, 0.05) is 20.0 Å². The molecule has 0 aromatic carbocycles. The summed E-state index contributed by atoms with van der Waals surface area (Å²) in [6, 6.07) is 0. The lowest BCUT2D eigenvalue weighted by atomic mass is 9.80. The van der Waals surface area contributed by atoms with Crippen molar-refractivity contribution >= 4 is 5.78 Å². The largest absolute Gasteiger partial charge is 0.390 e. The molecule has 3 heteroatoms. The zero-order chi connectivity index (χ0) is 16.2. The lowest BCUT2D eigenvalue weighted by molar-refractivity contribution is -0.135. The van der Waals surface area contributed by atoms with Crippen molar-refractivity contribution in [3.8, 4) is 0 Å². The molecule has 3 unspecified atom stereocenters. The number of ether oxygens (including phenoxy) is 1. The fraction of sp³-hybridized carbons (Fsp3) is 0.947. The predicted molar refractivity (Wildman–Crippen MR) is 91.0 cm³/mol. The Bertz CT molecular complexity index is 290. The van der Waals surface area contributed by atoms with E-state index in [1.807, 2.05) is 0 Å². The summed E-state index contributed by atoms with van der Waals surface area (Å²) in [5.74, 6) is 0.356. The minimum Gasteiger partial charge on any atom is -0.390 e. The standard InChI is InChI=1S/C19H36O3/c1-3-4-5-6-7-8-9-10-11-12-13-16-14-17(20)15-18(22-2)19(16)21/h16,18-19,21H,3-15H2,1-2H3. The van der Waals surface area contributed by atoms with Crippen LogP contribution in [0.1, 0.15) is 90.4 Å². The molecule has 0 aromatic rings. The number of carbonyl (C=O) groups excluding carboxylic acids is 1. The van der Waals surface area contributed by atoms with E-state index in [0.29, 0.717) is 12.8 Å². The molecule has 1 rings (SSSR count). The summed E-state index contributed by atoms with van der Waals surface area (Å²) in [5.41, 5.74) is 0. The Hall–Kier alpha value is -0.410. The van der Waals surface area contributed by atoms with Crippen molar-refractivity contribution in [3.63, 3.8) is 0 Å². The number of ketones is 1. The predicted octanol–water partition coefficient (Wildman–Crippen LogP) is 4.65. The quantitative estimate of drug-likeness (QED) is 0.533. The zero-order valence-corrected chi connectivity index (χ0v) is 14.7. The van der Waals surface area contributed by atoms with E-state index in [1.54, 1.807) is 7.11 Å². The van der Waals surface area contributed by atoms with Crippen LogP contribution in [0.4, 0.5) is 0 Å². The maximum absolute atomic E-state index is 11.7. The fourth-order valence-electron chi connectivity index (χ4n) is 3.53. The third-order valence-electron chi connectivity index (χ3n) is 5.01. The SMILES string of the molecule is CCCCCCCCCCCCC1CC(=O)CC(OC)C1O. The number of rotatable bonds is 12. The van der Waals surface area contributed by atoms with Crippen molar-refractivity contribution < 1.29 is 14.6 Å². The number of Topliss-reactive ketones (excluding diaryl/α,β-unsaturated/α-hetero) is 1. The van der Waals surface area contributed by atoms with Crippen LogP contribution in [0.5, 0.6) is 0 Å². The fourth-order valence-corrected chi connectivity index (χ4v) is 3.53. The van der Waals surface area contributed by atoms with Crippen molar-refractivity contribution in [1.82, 2.24) is 0 Å². The highest BCUT2D eigenvalue weighted by atomic mass is 16.5. The highest BCUT2D eigenvalue weighted by Crippen LogP contribution is 2.28. The average molecular weight is 312 g/mol. The number of methoxy groups -OCH3 is 1. The average Bonchev–Trinajstić information content (AvgIpc) is 2.52. The van der Waals surface area contributed by atoms with Gasteiger partial charge in [0.15, 0.2) is 0 Å². The van der Waals surface area contributed by atoms with Gasteiger partial charge in [0.05, 0.1) is 12.2 Å². The summed E-state index contributed by atoms with van der Waals surface area (Å²) in [6.07, 6.45) is 14.3. The van der Waals surface area contributed by atoms with E-state index in [-0.39, 0.29) is 17.8 Å². The molecule has 0 bridgehead atoms. The van der Waals surface area contributed by atoms with Crippen LogP contribution in [0.2, 0.25) is 0 Å². The van der Waals surface area contributed by atoms with Gasteiger partial charge in [0.2, 0.25) is 0 Å². The Balaban J connectivity index is 2.00. The Morgan fingerprint density at radius 2 is 1.50 bits per heavy atom. The van der Waals surface area contributed by atoms with E-state index in [9.17, 15) is 9.90 Å². The molecule has 3 nitrogen and oxygen atoms in total. The van der Waals surface area contributed by atoms with E-state index in [0.717, 1.165) is 12.8 Å². The number of hydrogen-bond donors (Lipinski definition) is 1. The highest BCUT2D eigenvalue weighted by Gasteiger charge is 2.35. The Morgan fingerprint density at radius 3 is 2.05 bits per heavy atom. The van der Waals surface area contributed by atoms with Gasteiger partial charge in [-0.05, 0) is 12.3 Å². The van der Waals surface area contributed by atoms with Crippen LogP contribution < -0.4 is 0 Å². The summed E-state index contributed by atoms with van der Waals surface area (Å²) in [6.45, 7) is 2.26. The van der Waals surface area contributed by atoms with Gasteiger partial charge in [-0.25, -0.2) is 0 Å². The van der Waals surface area contributed by atoms with Crippen LogP contribution in [0.15, 0.2) is 0 Å². The number of aliphatic hydroxyl groups is 1. The molecule has 1 fully saturated rings. The first-order valence-electron chi connectivity index (χ1n) is 9.41. The Labute approximate surface area is 136 Å². The van der Waals surface area contributed by atoms with Crippen LogP contribution in [-0.2, 0) is 9.53 Å². The van der Waals surface area contributed by atoms with Gasteiger partial charge < -0.3 is 9.84 Å². The van der Waals surface area contributed by atoms with E-state index in [4.69, 9.17) is 4.74 Å². The second-order valence-corrected chi connectivity index (χ2v) is 6.94. The van der Waals surface area contributed by atoms with E-state index in [1.165, 1.54) is 57.8 Å². The highest BCUT2D eigenvalue weighted by molar-refractivity contribution is 5.80. The summed E-state index contributed by atoms with van der Waals surface area (Å²) in [7, 11) is 1.59. The molecule has 0 aliphatic heterocycles. The Morgan fingerprint density at radius 1 is 0.955 bits per heavy atom. The van der Waals surface area contributed by atoms with Gasteiger partial charge in [-0.2, -0.15) is 0 Å². The molecule has 130 valence electrons. The topological polar surface area (TPSA) is 46.5 Å². The van der Waals surface area contributed by atoms with Crippen LogP contribution in [0.25, 0.3) is 0 Å². The summed E-state index contributed by atoms with van der Waals surface area (Å²) < 4.78 is 5.23. The first-order valence-corrected chi connectivity index (χ1v) is 9.41. The molecular weight excluding hydrogens is 276 g/mol. The van der Waals surface area contributed by atoms with Crippen molar-refractivity contribution in [1.29, 1.82) is 0 Å². The number of carbonyl (C=O) groups is 1. The third kappa shape index (κ3) is 7.73. The molecule has 22 heavy (non-hydrogen) atoms. The lowest BCUT2D eigenvalue weighted by Crippen LogP contribution is -2.42. The van der Waals surface area contributed by atoms with Crippen LogP contribution >= 0.6 is 0 Å². The molecule has 0 radical (unpaired) electrons. The molecule has 1 aliphatic carbocycles. The third-order valence-corrected chi connectivity index (χ3v) is 5.01. The molecule has 0 amide bonds. The van der Waals surface area contributed by atoms with Crippen molar-refractivity contribution in [2.75, 3.05) is 7.11 Å². The van der Waals surface area contributed by atoms with Crippen LogP contribution in [0, 0.1) is 5.92 Å². The smallest absolute Gasteiger partial charge is 0.135 e. The number of unbranched alkanes of at least 4 members (excludes halogenated alkanes) is 9. The first kappa shape index (κ1) is 19.6. The molecule has 0 aromatic heterocycles. The second kappa shape index (κ2) is 12.1. The molecule has 0 spiro atoms. The first-order chi connectivity index (χ1) is 10.7. The molecule has 0 saturated heterocycles. The molecule has 1 N–H and O–H groups in total. The normalized spacial score (nSPS) is 25.6. The van der Waals surface area contributed by atoms with Crippen molar-refractivity contribution in [2.45, 2.75) is 103 Å². The van der Waals surface area contributed by atoms with Crippen molar-refractivity contribution in [2.24, 2.45) is 5.92 Å². The zero-order valence-electron chi connectivity index (χ0n) is 14.7. The van der Waals surface area contributed by atoms with Gasteiger partial charge >= 0.3 is 0 Å². The maximum Gasteiger partial charge on any atom is 0.135 e. The van der Waals surface area contributed by atoms with Crippen LogP contribution in [0.3, 0.4) is 0 Å². The summed E-state index contributed by atoms with van der Waals surface area (Å²) in [4.78, 5) is 11.7. The molecule has 0 heterocycles. The second-order valence-electron chi connectivity index (χ2n) is 6.94. The molecular formula is C19H36O3. The minimum atomic E-state index is -0.457. The van der Waals surface area contributed by atoms with Gasteiger partial charge in [0.25, 0.3) is 0 Å². The molecule has 3 atom stereocenters. The van der Waals surface area contributed by atoms with E-state index < -0.39 is 6.10 Å². The Kier molecular flexibility index (Phi) is 10.8. The van der Waals surface area contributed by atoms with E-state index >= 15 is 0 Å². The number of hydrogen-bond acceptors (Lipinski definition) is 3. The summed E-state index contributed by atoms with van der Waals surface area (Å²) in [5, 5.41) is 10.2. The van der Waals surface area contributed by atoms with Crippen molar-refractivity contribution in [3.05, 3.63) is 0 Å². The monoisotopic (exact) mass is 312 g/mol. The molecule has 1 saturated carbocycles. The lowest BCUT2D eigenvalue weighted by Gasteiger charge is -2.33. The van der Waals surface area contributed by atoms with Gasteiger partial charge in [-0.1, -0.05) is 71.1 Å². The van der Waals surface area contributed by atoms with Gasteiger partial charge in [-0.3, -0.25) is 4.79 Å². The van der Waals surface area contributed by atoms with Gasteiger partial charge in [-0.15, -0.1) is 0 Å². The maximum atomic E-state index is 11.7. The minimum absolute atomic E-state index is 0.111. The number of aliphatic hydroxyl groups excluding tert-OH is 1.